The maximum absolute atomic E-state index is 14.8. The number of hydrogen-bond donors (Lipinski definition) is 2. The fraction of sp³-hybridized carbons (Fsp3) is 0.305. The van der Waals surface area contributed by atoms with Gasteiger partial charge >= 0.3 is 11.9 Å². The lowest BCUT2D eigenvalue weighted by molar-refractivity contribution is -0.183. The lowest BCUT2D eigenvalue weighted by atomic mass is 9.80. The molecule has 526 valence electrons. The number of nitrogens with one attached hydrogen (secondary N) is 2. The number of hydrogen-bond acceptors (Lipinski definition) is 17. The van der Waals surface area contributed by atoms with Gasteiger partial charge in [0.25, 0.3) is 20.3 Å². The Balaban J connectivity index is 0.917. The van der Waals surface area contributed by atoms with E-state index in [0.717, 1.165) is 16.7 Å². The van der Waals surface area contributed by atoms with Crippen molar-refractivity contribution in [1.29, 1.82) is 5.26 Å². The topological polar surface area (TPSA) is 221 Å². The van der Waals surface area contributed by atoms with Crippen molar-refractivity contribution < 1.29 is 70.9 Å². The summed E-state index contributed by atoms with van der Waals surface area (Å²) in [5.41, 5.74) is 4.77. The molecule has 2 amide bonds. The molecule has 102 heavy (non-hydrogen) atoms. The normalized spacial score (nSPS) is 13.6. The van der Waals surface area contributed by atoms with Gasteiger partial charge in [0.2, 0.25) is 0 Å². The van der Waals surface area contributed by atoms with E-state index in [1.165, 1.54) is 0 Å². The summed E-state index contributed by atoms with van der Waals surface area (Å²) in [4.78, 5) is 57.1. The number of ether oxygens (including phenoxy) is 9. The summed E-state index contributed by atoms with van der Waals surface area (Å²) >= 11 is 0. The summed E-state index contributed by atoms with van der Waals surface area (Å²) in [7, 11) is 1.75. The molecule has 0 bridgehead atoms. The highest BCUT2D eigenvalue weighted by Crippen LogP contribution is 2.47. The van der Waals surface area contributed by atoms with Crippen LogP contribution in [0.25, 0.3) is 0 Å². The number of nitrogens with zero attached hydrogens (tertiary/aromatic N) is 2. The number of amides is 2. The molecule has 0 saturated carbocycles. The third kappa shape index (κ3) is 19.7. The van der Waals surface area contributed by atoms with E-state index >= 15 is 0 Å². The molecule has 2 heterocycles. The largest absolute Gasteiger partial charge is 0.497 e. The van der Waals surface area contributed by atoms with Crippen LogP contribution in [-0.4, -0.2) is 114 Å². The minimum absolute atomic E-state index is 0.0296. The Morgan fingerprint density at radius 2 is 0.902 bits per heavy atom. The second kappa shape index (κ2) is 37.6. The average molecular weight is 1400 g/mol. The van der Waals surface area contributed by atoms with Gasteiger partial charge in [0.05, 0.1) is 106 Å². The minimum Gasteiger partial charge on any atom is -0.497 e. The Labute approximate surface area is 597 Å². The van der Waals surface area contributed by atoms with Gasteiger partial charge in [0.15, 0.2) is 24.1 Å². The summed E-state index contributed by atoms with van der Waals surface area (Å²) in [6, 6.07) is 58.6. The molecule has 2 fully saturated rings. The van der Waals surface area contributed by atoms with Crippen LogP contribution < -0.4 is 29.6 Å². The molecule has 2 N–H and O–H groups in total. The van der Waals surface area contributed by atoms with Crippen molar-refractivity contribution in [3.63, 3.8) is 0 Å². The summed E-state index contributed by atoms with van der Waals surface area (Å²) in [6.07, 6.45) is 0.295. The predicted octanol–water partition coefficient (Wildman–Crippen LogP) is 14.4. The van der Waals surface area contributed by atoms with Crippen molar-refractivity contribution in [3.05, 3.63) is 260 Å². The summed E-state index contributed by atoms with van der Waals surface area (Å²) in [5, 5.41) is 15.2. The van der Waals surface area contributed by atoms with Crippen LogP contribution in [0.5, 0.6) is 23.0 Å². The Kier molecular flexibility index (Phi) is 27.5. The molecule has 19 nitrogen and oxygen atoms in total. The quantitative estimate of drug-likeness (QED) is 0.0111. The molecule has 0 radical (unpaired) electrons. The molecule has 2 saturated heterocycles. The van der Waals surface area contributed by atoms with E-state index in [1.807, 2.05) is 91.0 Å². The van der Waals surface area contributed by atoms with Crippen molar-refractivity contribution in [1.82, 2.24) is 15.3 Å². The van der Waals surface area contributed by atoms with Crippen molar-refractivity contribution in [3.8, 4) is 52.7 Å². The molecule has 8 aromatic rings. The second-order valence-corrected chi connectivity index (χ2v) is 25.7. The van der Waals surface area contributed by atoms with Gasteiger partial charge in [0.1, 0.15) is 17.1 Å². The maximum atomic E-state index is 14.8. The zero-order valence-corrected chi connectivity index (χ0v) is 59.0. The van der Waals surface area contributed by atoms with Gasteiger partial charge < -0.3 is 62.3 Å². The van der Waals surface area contributed by atoms with Crippen molar-refractivity contribution >= 4 is 32.3 Å². The molecule has 2 aliphatic rings. The standard InChI is InChI=1S/C82H83N4O15P/c1-57(2)86(58(3)4)102(98-51-16-43-83)99-52-18-45-85-77(88)71-54-62(56-73(81-95-48-20-49-96-81)75(71)101-79(90)64-23-12-8-13-24-64)34-32-60-29-27-59(28-30-60)31-33-61-53-70(74(72(55-61)80-93-46-19-47-94-80)100-78(89)63-21-10-7-11-22-63)76(87)84-44-17-50-97-82(65-25-14-9-15-26-65,66-35-39-68(91-5)40-36-66)67-37-41-69(92-6)42-38-67/h7-15,21-30,35-42,53-58,80-81H,16-20,44-52H2,1-6H3,(H,84,87)(H,85,88). The summed E-state index contributed by atoms with van der Waals surface area (Å²) in [6.45, 7) is 10.7. The number of carbonyl (C=O) groups is 4. The van der Waals surface area contributed by atoms with Crippen LogP contribution in [0.4, 0.5) is 0 Å². The van der Waals surface area contributed by atoms with Crippen molar-refractivity contribution in [2.45, 2.75) is 90.1 Å². The highest BCUT2D eigenvalue weighted by atomic mass is 31.2. The molecule has 2 aliphatic heterocycles. The first-order valence-electron chi connectivity index (χ1n) is 34.0. The van der Waals surface area contributed by atoms with Gasteiger partial charge in [-0.1, -0.05) is 115 Å². The molecular weight excluding hydrogens is 1310 g/mol. The van der Waals surface area contributed by atoms with Crippen LogP contribution in [0.2, 0.25) is 0 Å². The Morgan fingerprint density at radius 1 is 0.510 bits per heavy atom. The molecule has 20 heteroatoms. The molecule has 1 unspecified atom stereocenters. The summed E-state index contributed by atoms with van der Waals surface area (Å²) in [5.74, 6) is 11.8. The number of rotatable bonds is 29. The predicted molar refractivity (Wildman–Crippen MR) is 386 cm³/mol. The zero-order chi connectivity index (χ0) is 71.6. The lowest BCUT2D eigenvalue weighted by Crippen LogP contribution is -2.34. The Bertz CT molecular complexity index is 4220. The van der Waals surface area contributed by atoms with E-state index in [-0.39, 0.29) is 85.2 Å². The molecule has 0 aromatic heterocycles. The second-order valence-electron chi connectivity index (χ2n) is 24.3. The monoisotopic (exact) mass is 1390 g/mol. The molecule has 1 atom stereocenters. The highest BCUT2D eigenvalue weighted by molar-refractivity contribution is 7.44. The summed E-state index contributed by atoms with van der Waals surface area (Å²) < 4.78 is 69.4. The SMILES string of the molecule is COc1ccc(C(OCCCNC(=O)c2cc(C#Cc3ccc(C#Cc4cc(C(=O)NCCCOP(OCCC#N)N(C(C)C)C(C)C)c(OC(=O)c5ccccc5)c(C5OCCCO5)c4)cc3)cc(C3OCCCO3)c2OC(=O)c2ccccc2)(c2ccccc2)c2ccc(OC)cc2)cc1. The van der Waals surface area contributed by atoms with Crippen LogP contribution in [-0.2, 0) is 38.3 Å². The smallest absolute Gasteiger partial charge is 0.343 e. The van der Waals surface area contributed by atoms with Crippen LogP contribution in [0.15, 0.2) is 188 Å². The van der Waals surface area contributed by atoms with E-state index in [1.54, 1.807) is 111 Å². The average Bonchev–Trinajstić information content (AvgIpc) is 0.759. The van der Waals surface area contributed by atoms with Crippen LogP contribution in [0.3, 0.4) is 0 Å². The van der Waals surface area contributed by atoms with Gasteiger partial charge in [-0.3, -0.25) is 9.59 Å². The number of esters is 2. The molecule has 0 aliphatic carbocycles. The van der Waals surface area contributed by atoms with Gasteiger partial charge in [-0.05, 0) is 167 Å². The molecule has 0 spiro atoms. The molecular formula is C82H83N4O15P. The number of carbonyl (C=O) groups excluding carboxylic acids is 4. The first kappa shape index (κ1) is 74.6. The number of nitriles is 1. The van der Waals surface area contributed by atoms with Crippen molar-refractivity contribution in [2.75, 3.05) is 73.6 Å². The third-order valence-electron chi connectivity index (χ3n) is 16.5. The minimum atomic E-state index is -1.49. The maximum Gasteiger partial charge on any atom is 0.343 e. The fourth-order valence-corrected chi connectivity index (χ4v) is 13.2. The Morgan fingerprint density at radius 3 is 1.31 bits per heavy atom. The first-order chi connectivity index (χ1) is 49.8. The highest BCUT2D eigenvalue weighted by Gasteiger charge is 2.38. The van der Waals surface area contributed by atoms with Crippen molar-refractivity contribution in [2.24, 2.45) is 0 Å². The lowest BCUT2D eigenvalue weighted by Gasteiger charge is -2.36. The van der Waals surface area contributed by atoms with Gasteiger partial charge in [-0.15, -0.1) is 0 Å². The zero-order valence-electron chi connectivity index (χ0n) is 58.1. The van der Waals surface area contributed by atoms with Crippen LogP contribution in [0.1, 0.15) is 164 Å². The number of benzene rings is 8. The van der Waals surface area contributed by atoms with Crippen LogP contribution >= 0.6 is 8.53 Å². The Hall–Kier alpha value is -10.0. The van der Waals surface area contributed by atoms with Gasteiger partial charge in [-0.25, -0.2) is 14.3 Å². The van der Waals surface area contributed by atoms with Crippen LogP contribution in [0, 0.1) is 35.0 Å². The third-order valence-corrected chi connectivity index (χ3v) is 18.6. The fourth-order valence-electron chi connectivity index (χ4n) is 11.6. The van der Waals surface area contributed by atoms with E-state index in [2.05, 4.69) is 72.7 Å². The van der Waals surface area contributed by atoms with E-state index in [4.69, 9.17) is 51.7 Å². The number of methoxy groups -OCH3 is 2. The van der Waals surface area contributed by atoms with E-state index < -0.39 is 50.5 Å². The molecule has 8 aromatic carbocycles. The van der Waals surface area contributed by atoms with Gasteiger partial charge in [0, 0.05) is 47.4 Å². The molecule has 10 rings (SSSR count). The van der Waals surface area contributed by atoms with Gasteiger partial charge in [-0.2, -0.15) is 5.26 Å². The van der Waals surface area contributed by atoms with E-state index in [9.17, 15) is 24.4 Å². The van der Waals surface area contributed by atoms with E-state index in [0.29, 0.717) is 97.0 Å². The first-order valence-corrected chi connectivity index (χ1v) is 35.2.